The number of hydrogen-bond donors (Lipinski definition) is 1. The molecule has 0 atom stereocenters. The average molecular weight is 476 g/mol. The van der Waals surface area contributed by atoms with Gasteiger partial charge in [-0.25, -0.2) is 0 Å². The normalized spacial score (nSPS) is 12.7. The number of nitrogens with one attached hydrogen (secondary N) is 1. The van der Waals surface area contributed by atoms with Crippen LogP contribution in [0.4, 0.5) is 5.69 Å². The van der Waals surface area contributed by atoms with Gasteiger partial charge in [0.25, 0.3) is 11.8 Å². The lowest BCUT2D eigenvalue weighted by Crippen LogP contribution is -2.41. The third kappa shape index (κ3) is 4.68. The van der Waals surface area contributed by atoms with Gasteiger partial charge >= 0.3 is 0 Å². The van der Waals surface area contributed by atoms with Gasteiger partial charge in [0, 0.05) is 41.4 Å². The first kappa shape index (κ1) is 23.5. The zero-order chi connectivity index (χ0) is 24.2. The molecule has 4 amide bonds. The summed E-state index contributed by atoms with van der Waals surface area (Å²) in [7, 11) is 1.57. The van der Waals surface area contributed by atoms with Crippen LogP contribution < -0.4 is 5.32 Å². The Morgan fingerprint density at radius 3 is 2.24 bits per heavy atom. The van der Waals surface area contributed by atoms with Crippen molar-refractivity contribution in [3.63, 3.8) is 0 Å². The van der Waals surface area contributed by atoms with Crippen LogP contribution in [0.1, 0.15) is 33.6 Å². The highest BCUT2D eigenvalue weighted by Crippen LogP contribution is 2.30. The molecule has 0 fully saturated rings. The Morgan fingerprint density at radius 1 is 0.941 bits per heavy atom. The summed E-state index contributed by atoms with van der Waals surface area (Å²) in [6.45, 7) is 0.0494. The van der Waals surface area contributed by atoms with E-state index in [-0.39, 0.29) is 43.1 Å². The monoisotopic (exact) mass is 475 g/mol. The van der Waals surface area contributed by atoms with E-state index >= 15 is 0 Å². The van der Waals surface area contributed by atoms with Crippen molar-refractivity contribution in [3.05, 3.63) is 71.8 Å². The fourth-order valence-electron chi connectivity index (χ4n) is 4.10. The van der Waals surface area contributed by atoms with Crippen molar-refractivity contribution in [1.82, 2.24) is 9.80 Å². The van der Waals surface area contributed by atoms with Crippen LogP contribution in [0, 0.1) is 0 Å². The first-order chi connectivity index (χ1) is 16.4. The predicted molar refractivity (Wildman–Crippen MR) is 133 cm³/mol. The molecule has 0 saturated heterocycles. The second-order valence-electron chi connectivity index (χ2n) is 8.07. The minimum atomic E-state index is -0.345. The molecule has 0 aromatic heterocycles. The smallest absolute Gasteiger partial charge is 0.261 e. The molecule has 1 aliphatic heterocycles. The number of anilines is 1. The van der Waals surface area contributed by atoms with Crippen LogP contribution in [0.25, 0.3) is 10.8 Å². The number of imide groups is 1. The van der Waals surface area contributed by atoms with E-state index in [4.69, 9.17) is 0 Å². The molecule has 3 aromatic rings. The van der Waals surface area contributed by atoms with Crippen LogP contribution in [-0.2, 0) is 9.59 Å². The molecular weight excluding hydrogens is 450 g/mol. The van der Waals surface area contributed by atoms with E-state index in [1.807, 2.05) is 42.7 Å². The first-order valence-corrected chi connectivity index (χ1v) is 12.2. The molecule has 0 unspecified atom stereocenters. The van der Waals surface area contributed by atoms with Crippen molar-refractivity contribution in [2.24, 2.45) is 0 Å². The summed E-state index contributed by atoms with van der Waals surface area (Å²) in [6, 6.07) is 18.3. The van der Waals surface area contributed by atoms with Gasteiger partial charge in [-0.05, 0) is 42.3 Å². The van der Waals surface area contributed by atoms with Gasteiger partial charge in [-0.3, -0.25) is 24.1 Å². The minimum absolute atomic E-state index is 0.0848. The molecule has 0 saturated carbocycles. The van der Waals surface area contributed by atoms with E-state index < -0.39 is 0 Å². The highest BCUT2D eigenvalue weighted by atomic mass is 32.2. The average Bonchev–Trinajstić information content (AvgIpc) is 2.84. The topological polar surface area (TPSA) is 86.8 Å². The maximum Gasteiger partial charge on any atom is 0.261 e. The molecule has 34 heavy (non-hydrogen) atoms. The summed E-state index contributed by atoms with van der Waals surface area (Å²) in [5.41, 5.74) is 1.70. The van der Waals surface area contributed by atoms with Gasteiger partial charge in [0.05, 0.1) is 12.2 Å². The zero-order valence-corrected chi connectivity index (χ0v) is 19.9. The summed E-state index contributed by atoms with van der Waals surface area (Å²) in [4.78, 5) is 54.4. The molecule has 4 rings (SSSR count). The van der Waals surface area contributed by atoms with Gasteiger partial charge in [0.15, 0.2) is 0 Å². The van der Waals surface area contributed by atoms with Crippen LogP contribution in [0.2, 0.25) is 0 Å². The van der Waals surface area contributed by atoms with Gasteiger partial charge in [0.1, 0.15) is 0 Å². The quantitative estimate of drug-likeness (QED) is 0.393. The molecule has 0 aliphatic carbocycles. The Bertz CT molecular complexity index is 1240. The number of para-hydroxylation sites is 1. The number of thioether (sulfide) groups is 1. The lowest BCUT2D eigenvalue weighted by atomic mass is 9.94. The van der Waals surface area contributed by atoms with Gasteiger partial charge in [-0.2, -0.15) is 0 Å². The third-order valence-corrected chi connectivity index (χ3v) is 6.61. The fraction of sp³-hybridized carbons (Fsp3) is 0.231. The molecule has 0 bridgehead atoms. The van der Waals surface area contributed by atoms with E-state index in [2.05, 4.69) is 5.32 Å². The Kier molecular flexibility index (Phi) is 6.98. The number of likely N-dealkylation sites (N-methyl/N-ethyl adjacent to an activating group) is 1. The summed E-state index contributed by atoms with van der Waals surface area (Å²) in [6.07, 6.45) is 2.36. The summed E-state index contributed by atoms with van der Waals surface area (Å²) in [5, 5.41) is 4.37. The van der Waals surface area contributed by atoms with Crippen LogP contribution >= 0.6 is 11.8 Å². The molecule has 1 heterocycles. The van der Waals surface area contributed by atoms with Crippen molar-refractivity contribution in [2.45, 2.75) is 17.7 Å². The molecular formula is C26H25N3O4S. The second kappa shape index (κ2) is 10.1. The van der Waals surface area contributed by atoms with E-state index in [1.165, 1.54) is 21.6 Å². The first-order valence-electron chi connectivity index (χ1n) is 11.0. The molecule has 3 aromatic carbocycles. The number of carbonyl (C=O) groups is 4. The van der Waals surface area contributed by atoms with E-state index in [1.54, 1.807) is 31.3 Å². The van der Waals surface area contributed by atoms with Gasteiger partial charge in [-0.15, -0.1) is 11.8 Å². The number of benzene rings is 3. The van der Waals surface area contributed by atoms with Crippen molar-refractivity contribution >= 4 is 51.9 Å². The SMILES string of the molecule is CSc1ccccc1NC(=O)CN(C)C(=O)CCCN1C(=O)c2cccc3cccc(c23)C1=O. The molecule has 174 valence electrons. The molecule has 1 aliphatic rings. The van der Waals surface area contributed by atoms with Crippen molar-refractivity contribution in [2.75, 3.05) is 31.7 Å². The largest absolute Gasteiger partial charge is 0.336 e. The number of carbonyl (C=O) groups excluding carboxylic acids is 4. The standard InChI is InChI=1S/C26H25N3O4S/c1-28(16-22(30)27-20-12-3-4-13-21(20)34-2)23(31)14-7-15-29-25(32)18-10-5-8-17-9-6-11-19(24(17)18)26(29)33/h3-6,8-13H,7,14-16H2,1-2H3,(H,27,30). The van der Waals surface area contributed by atoms with Crippen molar-refractivity contribution in [1.29, 1.82) is 0 Å². The Balaban J connectivity index is 1.32. The molecule has 0 radical (unpaired) electrons. The second-order valence-corrected chi connectivity index (χ2v) is 8.92. The van der Waals surface area contributed by atoms with Crippen LogP contribution in [0.5, 0.6) is 0 Å². The molecule has 0 spiro atoms. The van der Waals surface area contributed by atoms with Gasteiger partial charge < -0.3 is 10.2 Å². The summed E-state index contributed by atoms with van der Waals surface area (Å²) >= 11 is 1.53. The molecule has 1 N–H and O–H groups in total. The van der Waals surface area contributed by atoms with E-state index in [9.17, 15) is 19.2 Å². The van der Waals surface area contributed by atoms with Crippen LogP contribution in [0.15, 0.2) is 65.6 Å². The van der Waals surface area contributed by atoms with Crippen molar-refractivity contribution < 1.29 is 19.2 Å². The Morgan fingerprint density at radius 2 is 1.59 bits per heavy atom. The van der Waals surface area contributed by atoms with Crippen molar-refractivity contribution in [3.8, 4) is 0 Å². The maximum atomic E-state index is 12.9. The van der Waals surface area contributed by atoms with Gasteiger partial charge in [0.2, 0.25) is 11.8 Å². The van der Waals surface area contributed by atoms with Gasteiger partial charge in [-0.1, -0.05) is 36.4 Å². The van der Waals surface area contributed by atoms with Crippen LogP contribution in [-0.4, -0.2) is 59.8 Å². The zero-order valence-electron chi connectivity index (χ0n) is 19.0. The lowest BCUT2D eigenvalue weighted by Gasteiger charge is -2.27. The highest BCUT2D eigenvalue weighted by Gasteiger charge is 2.32. The van der Waals surface area contributed by atoms with E-state index in [0.717, 1.165) is 10.3 Å². The number of amides is 4. The molecule has 8 heteroatoms. The summed E-state index contributed by atoms with van der Waals surface area (Å²) < 4.78 is 0. The van der Waals surface area contributed by atoms with Crippen LogP contribution in [0.3, 0.4) is 0 Å². The minimum Gasteiger partial charge on any atom is -0.336 e. The Hall–Kier alpha value is -3.65. The summed E-state index contributed by atoms with van der Waals surface area (Å²) in [5.74, 6) is -1.21. The number of rotatable bonds is 8. The highest BCUT2D eigenvalue weighted by molar-refractivity contribution is 7.98. The fourth-order valence-corrected chi connectivity index (χ4v) is 4.66. The van der Waals surface area contributed by atoms with E-state index in [0.29, 0.717) is 28.6 Å². The molecule has 7 nitrogen and oxygen atoms in total. The third-order valence-electron chi connectivity index (χ3n) is 5.82. The number of nitrogens with zero attached hydrogens (tertiary/aromatic N) is 2. The Labute approximate surface area is 202 Å². The predicted octanol–water partition coefficient (Wildman–Crippen LogP) is 4.04. The lowest BCUT2D eigenvalue weighted by molar-refractivity contribution is -0.133. The number of hydrogen-bond acceptors (Lipinski definition) is 5. The maximum absolute atomic E-state index is 12.9.